The molecular formula is C21H22O7. The van der Waals surface area contributed by atoms with Crippen LogP contribution in [0.4, 0.5) is 0 Å². The summed E-state index contributed by atoms with van der Waals surface area (Å²) < 4.78 is 22.6. The van der Waals surface area contributed by atoms with Gasteiger partial charge in [0.25, 0.3) is 0 Å². The van der Waals surface area contributed by atoms with Crippen LogP contribution < -0.4 is 10.4 Å². The molecule has 2 heterocycles. The number of rotatable bonds is 3. The van der Waals surface area contributed by atoms with Crippen molar-refractivity contribution in [3.8, 4) is 5.75 Å². The van der Waals surface area contributed by atoms with Gasteiger partial charge in [-0.3, -0.25) is 4.79 Å². The number of carbonyl (C=O) groups excluding carboxylic acids is 2. The number of esters is 2. The molecular weight excluding hydrogens is 364 g/mol. The molecule has 28 heavy (non-hydrogen) atoms. The second kappa shape index (κ2) is 7.14. The number of hydrogen-bond acceptors (Lipinski definition) is 7. The van der Waals surface area contributed by atoms with Crippen LogP contribution in [-0.2, 0) is 19.1 Å². The Balaban J connectivity index is 2.24. The summed E-state index contributed by atoms with van der Waals surface area (Å²) in [6, 6.07) is 6.37. The van der Waals surface area contributed by atoms with Gasteiger partial charge in [-0.05, 0) is 45.9 Å². The van der Waals surface area contributed by atoms with Crippen molar-refractivity contribution in [2.45, 2.75) is 52.4 Å². The van der Waals surface area contributed by atoms with Crippen molar-refractivity contribution in [2.75, 3.05) is 0 Å². The molecule has 1 aromatic carbocycles. The predicted molar refractivity (Wildman–Crippen MR) is 101 cm³/mol. The molecule has 2 atom stereocenters. The summed E-state index contributed by atoms with van der Waals surface area (Å²) in [5.41, 5.74) is -0.199. The van der Waals surface area contributed by atoms with Crippen molar-refractivity contribution >= 4 is 22.9 Å². The minimum absolute atomic E-state index is 0.229. The molecule has 0 amide bonds. The Morgan fingerprint density at radius 2 is 1.75 bits per heavy atom. The van der Waals surface area contributed by atoms with E-state index >= 15 is 0 Å². The zero-order valence-corrected chi connectivity index (χ0v) is 16.4. The SMILES string of the molecule is CC(=O)O[C@@H]1[C@@H](OC(=O)C=C(C)C)c2c(ccc3ccc(=O)oc23)OC1(C)C. The van der Waals surface area contributed by atoms with Gasteiger partial charge in [-0.2, -0.15) is 0 Å². The van der Waals surface area contributed by atoms with E-state index in [-0.39, 0.29) is 5.58 Å². The fourth-order valence-corrected chi connectivity index (χ4v) is 3.25. The maximum absolute atomic E-state index is 12.4. The third kappa shape index (κ3) is 3.78. The van der Waals surface area contributed by atoms with Crippen LogP contribution in [0.25, 0.3) is 11.0 Å². The highest BCUT2D eigenvalue weighted by atomic mass is 16.6. The largest absolute Gasteiger partial charge is 0.483 e. The van der Waals surface area contributed by atoms with Gasteiger partial charge < -0.3 is 18.6 Å². The van der Waals surface area contributed by atoms with E-state index in [4.69, 9.17) is 18.6 Å². The monoisotopic (exact) mass is 386 g/mol. The van der Waals surface area contributed by atoms with E-state index < -0.39 is 35.4 Å². The summed E-state index contributed by atoms with van der Waals surface area (Å²) in [6.45, 7) is 8.26. The molecule has 0 saturated heterocycles. The van der Waals surface area contributed by atoms with Crippen molar-refractivity contribution in [3.63, 3.8) is 0 Å². The molecule has 1 aromatic heterocycles. The first-order valence-corrected chi connectivity index (χ1v) is 8.87. The van der Waals surface area contributed by atoms with E-state index in [1.165, 1.54) is 19.1 Å². The van der Waals surface area contributed by atoms with Crippen molar-refractivity contribution in [1.82, 2.24) is 0 Å². The highest BCUT2D eigenvalue weighted by Crippen LogP contribution is 2.46. The van der Waals surface area contributed by atoms with Crippen molar-refractivity contribution in [2.24, 2.45) is 0 Å². The first-order chi connectivity index (χ1) is 13.1. The molecule has 0 unspecified atom stereocenters. The molecule has 0 spiro atoms. The maximum Gasteiger partial charge on any atom is 0.336 e. The first-order valence-electron chi connectivity index (χ1n) is 8.87. The zero-order valence-electron chi connectivity index (χ0n) is 16.4. The van der Waals surface area contributed by atoms with Crippen LogP contribution in [0, 0.1) is 0 Å². The first kappa shape index (κ1) is 19.7. The van der Waals surface area contributed by atoms with Crippen LogP contribution in [0.1, 0.15) is 46.3 Å². The molecule has 0 fully saturated rings. The summed E-state index contributed by atoms with van der Waals surface area (Å²) in [5.74, 6) is -0.749. The van der Waals surface area contributed by atoms with Crippen LogP contribution >= 0.6 is 0 Å². The van der Waals surface area contributed by atoms with E-state index in [1.807, 2.05) is 0 Å². The second-order valence-corrected chi connectivity index (χ2v) is 7.46. The van der Waals surface area contributed by atoms with Crippen LogP contribution in [-0.4, -0.2) is 23.6 Å². The number of carbonyl (C=O) groups is 2. The Morgan fingerprint density at radius 1 is 1.07 bits per heavy atom. The molecule has 2 aromatic rings. The van der Waals surface area contributed by atoms with Crippen molar-refractivity contribution < 1.29 is 28.2 Å². The van der Waals surface area contributed by atoms with Gasteiger partial charge in [0, 0.05) is 24.5 Å². The lowest BCUT2D eigenvalue weighted by Gasteiger charge is -2.43. The predicted octanol–water partition coefficient (Wildman–Crippen LogP) is 3.45. The molecule has 0 aliphatic carbocycles. The van der Waals surface area contributed by atoms with Crippen molar-refractivity contribution in [3.05, 3.63) is 51.9 Å². The van der Waals surface area contributed by atoms with E-state index in [9.17, 15) is 14.4 Å². The third-order valence-corrected chi connectivity index (χ3v) is 4.35. The summed E-state index contributed by atoms with van der Waals surface area (Å²) in [6.07, 6.45) is -0.614. The van der Waals surface area contributed by atoms with Gasteiger partial charge in [-0.25, -0.2) is 9.59 Å². The molecule has 3 rings (SSSR count). The van der Waals surface area contributed by atoms with E-state index in [1.54, 1.807) is 45.9 Å². The number of hydrogen-bond donors (Lipinski definition) is 0. The van der Waals surface area contributed by atoms with Crippen LogP contribution in [0.15, 0.2) is 45.1 Å². The minimum Gasteiger partial charge on any atom is -0.483 e. The lowest BCUT2D eigenvalue weighted by atomic mass is 9.87. The van der Waals surface area contributed by atoms with Gasteiger partial charge in [-0.1, -0.05) is 5.57 Å². The topological polar surface area (TPSA) is 92.0 Å². The van der Waals surface area contributed by atoms with Gasteiger partial charge >= 0.3 is 17.6 Å². The lowest BCUT2D eigenvalue weighted by molar-refractivity contribution is -0.186. The highest BCUT2D eigenvalue weighted by Gasteiger charge is 2.49. The molecule has 0 N–H and O–H groups in total. The van der Waals surface area contributed by atoms with Gasteiger partial charge in [-0.15, -0.1) is 0 Å². The fourth-order valence-electron chi connectivity index (χ4n) is 3.25. The summed E-state index contributed by atoms with van der Waals surface area (Å²) in [7, 11) is 0. The number of ether oxygens (including phenoxy) is 3. The molecule has 0 radical (unpaired) electrons. The molecule has 0 saturated carbocycles. The molecule has 7 heteroatoms. The zero-order chi connectivity index (χ0) is 20.6. The molecule has 1 aliphatic heterocycles. The third-order valence-electron chi connectivity index (χ3n) is 4.35. The Morgan fingerprint density at radius 3 is 2.39 bits per heavy atom. The Kier molecular flexibility index (Phi) is 5.02. The van der Waals surface area contributed by atoms with Gasteiger partial charge in [0.1, 0.15) is 16.9 Å². The average Bonchev–Trinajstić information content (AvgIpc) is 2.56. The maximum atomic E-state index is 12.4. The van der Waals surface area contributed by atoms with Crippen LogP contribution in [0.5, 0.6) is 5.75 Å². The smallest absolute Gasteiger partial charge is 0.336 e. The fraction of sp³-hybridized carbons (Fsp3) is 0.381. The van der Waals surface area contributed by atoms with E-state index in [0.717, 1.165) is 5.57 Å². The van der Waals surface area contributed by atoms with Crippen LogP contribution in [0.3, 0.4) is 0 Å². The van der Waals surface area contributed by atoms with Gasteiger partial charge in [0.15, 0.2) is 12.2 Å². The normalized spacial score (nSPS) is 19.9. The molecule has 7 nitrogen and oxygen atoms in total. The van der Waals surface area contributed by atoms with Gasteiger partial charge in [0.05, 0.1) is 5.56 Å². The van der Waals surface area contributed by atoms with Crippen LogP contribution in [0.2, 0.25) is 0 Å². The lowest BCUT2D eigenvalue weighted by Crippen LogP contribution is -2.52. The average molecular weight is 386 g/mol. The Hall–Kier alpha value is -3.09. The standard InChI is InChI=1S/C21H22O7/c1-11(2)10-16(24)27-19-17-14(28-21(4,5)20(19)25-12(3)22)8-6-13-7-9-15(23)26-18(13)17/h6-10,19-20H,1-5H3/t19-,20+/m0/s1. The summed E-state index contributed by atoms with van der Waals surface area (Å²) in [5, 5.41) is 0.631. The Labute approximate surface area is 161 Å². The summed E-state index contributed by atoms with van der Waals surface area (Å²) >= 11 is 0. The minimum atomic E-state index is -1.01. The molecule has 0 bridgehead atoms. The Bertz CT molecular complexity index is 1020. The van der Waals surface area contributed by atoms with Gasteiger partial charge in [0.2, 0.25) is 0 Å². The number of allylic oxidation sites excluding steroid dienone is 1. The number of fused-ring (bicyclic) bond motifs is 3. The number of benzene rings is 1. The molecule has 148 valence electrons. The summed E-state index contributed by atoms with van der Waals surface area (Å²) in [4.78, 5) is 36.0. The van der Waals surface area contributed by atoms with E-state index in [0.29, 0.717) is 16.7 Å². The van der Waals surface area contributed by atoms with E-state index in [2.05, 4.69) is 0 Å². The molecule has 1 aliphatic rings. The second-order valence-electron chi connectivity index (χ2n) is 7.46. The van der Waals surface area contributed by atoms with Crippen molar-refractivity contribution in [1.29, 1.82) is 0 Å². The quantitative estimate of drug-likeness (QED) is 0.453. The highest BCUT2D eigenvalue weighted by molar-refractivity contribution is 5.86.